The molecule has 0 radical (unpaired) electrons. The Morgan fingerprint density at radius 3 is 2.35 bits per heavy atom. The molecule has 0 saturated heterocycles. The number of nitrogens with one attached hydrogen (secondary N) is 2. The Balaban J connectivity index is 1.87. The highest BCUT2D eigenvalue weighted by Crippen LogP contribution is 2.14. The first-order chi connectivity index (χ1) is 11.0. The molecule has 1 atom stereocenters. The summed E-state index contributed by atoms with van der Waals surface area (Å²) in [5.41, 5.74) is 4.59. The van der Waals surface area contributed by atoms with Crippen LogP contribution in [0.4, 0.5) is 5.69 Å². The zero-order chi connectivity index (χ0) is 16.8. The van der Waals surface area contributed by atoms with Crippen molar-refractivity contribution in [3.63, 3.8) is 0 Å². The third kappa shape index (κ3) is 5.22. The first kappa shape index (κ1) is 17.2. The normalized spacial score (nSPS) is 12.2. The number of hydrogen-bond acceptors (Lipinski definition) is 1. The Morgan fingerprint density at radius 1 is 1.09 bits per heavy atom. The molecule has 0 spiro atoms. The van der Waals surface area contributed by atoms with Crippen molar-refractivity contribution >= 4 is 11.6 Å². The maximum absolute atomic E-state index is 12.2. The van der Waals surface area contributed by atoms with E-state index in [9.17, 15) is 4.79 Å². The van der Waals surface area contributed by atoms with Gasteiger partial charge in [0, 0.05) is 11.3 Å². The molecule has 1 unspecified atom stereocenters. The van der Waals surface area contributed by atoms with E-state index in [4.69, 9.17) is 0 Å². The van der Waals surface area contributed by atoms with Crippen LogP contribution < -0.4 is 10.2 Å². The van der Waals surface area contributed by atoms with E-state index in [1.165, 1.54) is 16.0 Å². The van der Waals surface area contributed by atoms with Crippen molar-refractivity contribution in [3.05, 3.63) is 65.2 Å². The standard InChI is InChI=1S/C20H26N2O/c1-15(2)18-11-9-17(10-12-18)13-22(4)14-20(23)21-19-8-6-5-7-16(19)3/h5-12,15H,13-14H2,1-4H3,(H,21,23)/p+1. The average molecular weight is 311 g/mol. The van der Waals surface area contributed by atoms with Crippen LogP contribution in [0.1, 0.15) is 36.5 Å². The van der Waals surface area contributed by atoms with Crippen LogP contribution in [-0.4, -0.2) is 19.5 Å². The van der Waals surface area contributed by atoms with E-state index >= 15 is 0 Å². The topological polar surface area (TPSA) is 33.5 Å². The number of amides is 1. The molecular weight excluding hydrogens is 284 g/mol. The summed E-state index contributed by atoms with van der Waals surface area (Å²) < 4.78 is 0. The Kier molecular flexibility index (Phi) is 5.94. The predicted octanol–water partition coefficient (Wildman–Crippen LogP) is 2.77. The molecule has 3 nitrogen and oxygen atoms in total. The molecule has 2 rings (SSSR count). The summed E-state index contributed by atoms with van der Waals surface area (Å²) in [6.07, 6.45) is 0. The van der Waals surface area contributed by atoms with Crippen molar-refractivity contribution < 1.29 is 9.69 Å². The van der Waals surface area contributed by atoms with Crippen LogP contribution in [0.15, 0.2) is 48.5 Å². The highest BCUT2D eigenvalue weighted by Gasteiger charge is 2.12. The van der Waals surface area contributed by atoms with Gasteiger partial charge >= 0.3 is 0 Å². The monoisotopic (exact) mass is 311 g/mol. The summed E-state index contributed by atoms with van der Waals surface area (Å²) in [6.45, 7) is 7.70. The minimum Gasteiger partial charge on any atom is -0.326 e. The zero-order valence-electron chi connectivity index (χ0n) is 14.5. The fourth-order valence-electron chi connectivity index (χ4n) is 2.61. The van der Waals surface area contributed by atoms with Gasteiger partial charge in [0.25, 0.3) is 5.91 Å². The fourth-order valence-corrected chi connectivity index (χ4v) is 2.61. The molecule has 3 heteroatoms. The number of rotatable bonds is 6. The Morgan fingerprint density at radius 2 is 1.74 bits per heavy atom. The molecule has 23 heavy (non-hydrogen) atoms. The fraction of sp³-hybridized carbons (Fsp3) is 0.350. The lowest BCUT2D eigenvalue weighted by Crippen LogP contribution is -3.08. The second-order valence-electron chi connectivity index (χ2n) is 6.57. The van der Waals surface area contributed by atoms with Crippen molar-refractivity contribution in [3.8, 4) is 0 Å². The highest BCUT2D eigenvalue weighted by molar-refractivity contribution is 5.92. The number of aryl methyl sites for hydroxylation is 1. The minimum absolute atomic E-state index is 0.0515. The van der Waals surface area contributed by atoms with Crippen LogP contribution in [0.2, 0.25) is 0 Å². The van der Waals surface area contributed by atoms with Crippen LogP contribution in [0.3, 0.4) is 0 Å². The molecule has 2 aromatic rings. The lowest BCUT2D eigenvalue weighted by Gasteiger charge is -2.15. The van der Waals surface area contributed by atoms with Crippen molar-refractivity contribution in [1.29, 1.82) is 0 Å². The van der Waals surface area contributed by atoms with E-state index < -0.39 is 0 Å². The average Bonchev–Trinajstić information content (AvgIpc) is 2.50. The molecule has 0 aliphatic carbocycles. The van der Waals surface area contributed by atoms with Crippen LogP contribution >= 0.6 is 0 Å². The van der Waals surface area contributed by atoms with Gasteiger partial charge in [-0.3, -0.25) is 4.79 Å². The van der Waals surface area contributed by atoms with Gasteiger partial charge in [-0.15, -0.1) is 0 Å². The van der Waals surface area contributed by atoms with E-state index in [-0.39, 0.29) is 5.91 Å². The quantitative estimate of drug-likeness (QED) is 0.845. The van der Waals surface area contributed by atoms with E-state index in [2.05, 4.69) is 43.4 Å². The molecule has 122 valence electrons. The molecular formula is C20H27N2O+. The number of quaternary nitrogens is 1. The highest BCUT2D eigenvalue weighted by atomic mass is 16.2. The van der Waals surface area contributed by atoms with E-state index in [0.717, 1.165) is 17.8 Å². The van der Waals surface area contributed by atoms with Crippen LogP contribution in [0.5, 0.6) is 0 Å². The van der Waals surface area contributed by atoms with Crippen molar-refractivity contribution in [2.45, 2.75) is 33.2 Å². The van der Waals surface area contributed by atoms with Gasteiger partial charge in [-0.05, 0) is 30.0 Å². The smallest absolute Gasteiger partial charge is 0.279 e. The largest absolute Gasteiger partial charge is 0.326 e. The molecule has 0 aromatic heterocycles. The van der Waals surface area contributed by atoms with Gasteiger partial charge in [0.15, 0.2) is 6.54 Å². The lowest BCUT2D eigenvalue weighted by molar-refractivity contribution is -0.885. The molecule has 2 aromatic carbocycles. The van der Waals surface area contributed by atoms with Crippen molar-refractivity contribution in [2.75, 3.05) is 18.9 Å². The third-order valence-electron chi connectivity index (χ3n) is 4.03. The predicted molar refractivity (Wildman–Crippen MR) is 95.8 cm³/mol. The zero-order valence-corrected chi connectivity index (χ0v) is 14.5. The molecule has 1 amide bonds. The number of carbonyl (C=O) groups is 1. The maximum atomic E-state index is 12.2. The van der Waals surface area contributed by atoms with Crippen LogP contribution in [0, 0.1) is 6.92 Å². The third-order valence-corrected chi connectivity index (χ3v) is 4.03. The number of anilines is 1. The van der Waals surface area contributed by atoms with Crippen molar-refractivity contribution in [2.24, 2.45) is 0 Å². The number of likely N-dealkylation sites (N-methyl/N-ethyl adjacent to an activating group) is 1. The lowest BCUT2D eigenvalue weighted by atomic mass is 10.0. The van der Waals surface area contributed by atoms with E-state index in [1.807, 2.05) is 38.2 Å². The van der Waals surface area contributed by atoms with Crippen molar-refractivity contribution in [1.82, 2.24) is 0 Å². The van der Waals surface area contributed by atoms with Gasteiger partial charge in [-0.1, -0.05) is 56.3 Å². The maximum Gasteiger partial charge on any atom is 0.279 e. The summed E-state index contributed by atoms with van der Waals surface area (Å²) in [5.74, 6) is 0.601. The van der Waals surface area contributed by atoms with E-state index in [1.54, 1.807) is 0 Å². The number of carbonyl (C=O) groups excluding carboxylic acids is 1. The first-order valence-corrected chi connectivity index (χ1v) is 8.21. The van der Waals surface area contributed by atoms with Crippen LogP contribution in [-0.2, 0) is 11.3 Å². The Hall–Kier alpha value is -2.13. The van der Waals surface area contributed by atoms with Crippen LogP contribution in [0.25, 0.3) is 0 Å². The number of benzene rings is 2. The van der Waals surface area contributed by atoms with Gasteiger partial charge in [0.1, 0.15) is 6.54 Å². The molecule has 0 aliphatic rings. The van der Waals surface area contributed by atoms with Gasteiger partial charge < -0.3 is 10.2 Å². The van der Waals surface area contributed by atoms with Gasteiger partial charge in [-0.2, -0.15) is 0 Å². The van der Waals surface area contributed by atoms with E-state index in [0.29, 0.717) is 12.5 Å². The SMILES string of the molecule is Cc1ccccc1NC(=O)C[NH+](C)Cc1ccc(C(C)C)cc1. The summed E-state index contributed by atoms with van der Waals surface area (Å²) >= 11 is 0. The molecule has 0 heterocycles. The van der Waals surface area contributed by atoms with Gasteiger partial charge in [0.2, 0.25) is 0 Å². The summed E-state index contributed by atoms with van der Waals surface area (Å²) in [5, 5.41) is 2.99. The van der Waals surface area contributed by atoms with Gasteiger partial charge in [-0.25, -0.2) is 0 Å². The Bertz CT molecular complexity index is 647. The molecule has 2 N–H and O–H groups in total. The molecule has 0 saturated carbocycles. The summed E-state index contributed by atoms with van der Waals surface area (Å²) in [4.78, 5) is 13.4. The second kappa shape index (κ2) is 7.93. The Labute approximate surface area is 139 Å². The molecule has 0 aliphatic heterocycles. The summed E-state index contributed by atoms with van der Waals surface area (Å²) in [6, 6.07) is 16.5. The second-order valence-corrected chi connectivity index (χ2v) is 6.57. The first-order valence-electron chi connectivity index (χ1n) is 8.21. The molecule has 0 fully saturated rings. The number of hydrogen-bond donors (Lipinski definition) is 2. The minimum atomic E-state index is 0.0515. The molecule has 0 bridgehead atoms. The van der Waals surface area contributed by atoms with Gasteiger partial charge in [0.05, 0.1) is 7.05 Å². The summed E-state index contributed by atoms with van der Waals surface area (Å²) in [7, 11) is 2.05. The number of para-hydroxylation sites is 1.